The van der Waals surface area contributed by atoms with E-state index in [2.05, 4.69) is 12.2 Å². The highest BCUT2D eigenvalue weighted by Crippen LogP contribution is 2.12. The number of hydrogen-bond acceptors (Lipinski definition) is 2. The van der Waals surface area contributed by atoms with Gasteiger partial charge in [0.1, 0.15) is 5.75 Å². The molecule has 0 unspecified atom stereocenters. The Morgan fingerprint density at radius 2 is 1.89 bits per heavy atom. The van der Waals surface area contributed by atoms with E-state index in [9.17, 15) is 4.79 Å². The largest absolute Gasteiger partial charge is 0.423 e. The van der Waals surface area contributed by atoms with Crippen LogP contribution in [0.4, 0.5) is 0 Å². The molecule has 0 N–H and O–H groups in total. The highest BCUT2D eigenvalue weighted by atomic mass is 16.5. The summed E-state index contributed by atoms with van der Waals surface area (Å²) < 4.78 is 5.13. The molecule has 1 aromatic carbocycles. The molecule has 0 saturated carbocycles. The van der Waals surface area contributed by atoms with Gasteiger partial charge < -0.3 is 4.74 Å². The van der Waals surface area contributed by atoms with Gasteiger partial charge in [-0.1, -0.05) is 50.3 Å². The molecule has 2 rings (SSSR count). The van der Waals surface area contributed by atoms with E-state index in [1.165, 1.54) is 6.08 Å². The summed E-state index contributed by atoms with van der Waals surface area (Å²) >= 11 is 0. The SMILES string of the molecule is CC.O=C(/C=C/C1=CCCC=C1)Oc1ccccc1. The summed E-state index contributed by atoms with van der Waals surface area (Å²) in [5, 5.41) is 0. The first kappa shape index (κ1) is 15.0. The molecule has 0 aromatic heterocycles. The maximum Gasteiger partial charge on any atom is 0.336 e. The summed E-state index contributed by atoms with van der Waals surface area (Å²) in [4.78, 5) is 11.5. The highest BCUT2D eigenvalue weighted by molar-refractivity contribution is 5.84. The monoisotopic (exact) mass is 256 g/mol. The van der Waals surface area contributed by atoms with E-state index < -0.39 is 0 Å². The summed E-state index contributed by atoms with van der Waals surface area (Å²) in [6.07, 6.45) is 11.6. The minimum Gasteiger partial charge on any atom is -0.423 e. The fourth-order valence-electron chi connectivity index (χ4n) is 1.56. The first-order chi connectivity index (χ1) is 9.34. The summed E-state index contributed by atoms with van der Waals surface area (Å²) in [5.41, 5.74) is 1.06. The van der Waals surface area contributed by atoms with E-state index in [4.69, 9.17) is 4.74 Å². The lowest BCUT2D eigenvalue weighted by atomic mass is 10.1. The van der Waals surface area contributed by atoms with Crippen LogP contribution in [-0.4, -0.2) is 5.97 Å². The molecule has 2 heteroatoms. The number of allylic oxidation sites excluding steroid dienone is 5. The molecule has 0 saturated heterocycles. The Hall–Kier alpha value is -2.09. The van der Waals surface area contributed by atoms with Crippen molar-refractivity contribution >= 4 is 5.97 Å². The van der Waals surface area contributed by atoms with E-state index in [-0.39, 0.29) is 5.97 Å². The Morgan fingerprint density at radius 1 is 1.16 bits per heavy atom. The van der Waals surface area contributed by atoms with Gasteiger partial charge in [0, 0.05) is 6.08 Å². The van der Waals surface area contributed by atoms with Gasteiger partial charge in [0.25, 0.3) is 0 Å². The predicted octanol–water partition coefficient (Wildman–Crippen LogP) is 4.45. The van der Waals surface area contributed by atoms with Gasteiger partial charge >= 0.3 is 5.97 Å². The first-order valence-corrected chi connectivity index (χ1v) is 6.66. The van der Waals surface area contributed by atoms with Crippen molar-refractivity contribution in [2.75, 3.05) is 0 Å². The number of hydrogen-bond donors (Lipinski definition) is 0. The second kappa shape index (κ2) is 8.92. The number of carbonyl (C=O) groups is 1. The molecule has 1 aliphatic rings. The van der Waals surface area contributed by atoms with Crippen molar-refractivity contribution in [2.24, 2.45) is 0 Å². The molecule has 0 amide bonds. The Morgan fingerprint density at radius 3 is 2.53 bits per heavy atom. The number of carbonyl (C=O) groups excluding carboxylic acids is 1. The van der Waals surface area contributed by atoms with Gasteiger partial charge in [0.15, 0.2) is 0 Å². The molecule has 0 atom stereocenters. The van der Waals surface area contributed by atoms with Crippen molar-refractivity contribution < 1.29 is 9.53 Å². The van der Waals surface area contributed by atoms with Crippen LogP contribution < -0.4 is 4.74 Å². The van der Waals surface area contributed by atoms with Crippen molar-refractivity contribution in [1.29, 1.82) is 0 Å². The average molecular weight is 256 g/mol. The van der Waals surface area contributed by atoms with Crippen LogP contribution in [0.15, 0.2) is 66.3 Å². The smallest absolute Gasteiger partial charge is 0.336 e. The quantitative estimate of drug-likeness (QED) is 0.453. The molecule has 0 heterocycles. The number of ether oxygens (including phenoxy) is 1. The molecule has 0 spiro atoms. The number of esters is 1. The minimum atomic E-state index is -0.351. The maximum absolute atomic E-state index is 11.5. The molecular formula is C17H20O2. The van der Waals surface area contributed by atoms with Gasteiger partial charge in [-0.15, -0.1) is 0 Å². The molecule has 1 aliphatic carbocycles. The standard InChI is InChI=1S/C15H14O2.C2H6/c16-15(17-14-9-5-2-6-10-14)12-11-13-7-3-1-4-8-13;1-2/h2-3,5-12H,1,4H2;1-2H3/b12-11+;. The fraction of sp³-hybridized carbons (Fsp3) is 0.235. The molecule has 100 valence electrons. The van der Waals surface area contributed by atoms with Gasteiger partial charge in [-0.05, 0) is 36.6 Å². The van der Waals surface area contributed by atoms with E-state index in [1.54, 1.807) is 18.2 Å². The minimum absolute atomic E-state index is 0.351. The van der Waals surface area contributed by atoms with Crippen molar-refractivity contribution in [3.05, 3.63) is 66.3 Å². The van der Waals surface area contributed by atoms with Crippen LogP contribution in [0.2, 0.25) is 0 Å². The third-order valence-corrected chi connectivity index (χ3v) is 2.40. The summed E-state index contributed by atoms with van der Waals surface area (Å²) in [6, 6.07) is 9.05. The topological polar surface area (TPSA) is 26.3 Å². The average Bonchev–Trinajstić information content (AvgIpc) is 2.49. The van der Waals surface area contributed by atoms with E-state index in [0.29, 0.717) is 5.75 Å². The third kappa shape index (κ3) is 5.87. The maximum atomic E-state index is 11.5. The Labute approximate surface area is 115 Å². The van der Waals surface area contributed by atoms with Crippen LogP contribution >= 0.6 is 0 Å². The van der Waals surface area contributed by atoms with E-state index in [1.807, 2.05) is 38.1 Å². The van der Waals surface area contributed by atoms with Crippen molar-refractivity contribution in [1.82, 2.24) is 0 Å². The second-order valence-corrected chi connectivity index (χ2v) is 3.75. The number of para-hydroxylation sites is 1. The number of benzene rings is 1. The first-order valence-electron chi connectivity index (χ1n) is 6.66. The van der Waals surface area contributed by atoms with Gasteiger partial charge in [0.05, 0.1) is 0 Å². The van der Waals surface area contributed by atoms with Gasteiger partial charge in [-0.25, -0.2) is 4.79 Å². The summed E-state index contributed by atoms with van der Waals surface area (Å²) in [6.45, 7) is 4.00. The van der Waals surface area contributed by atoms with Crippen LogP contribution in [-0.2, 0) is 4.79 Å². The zero-order valence-corrected chi connectivity index (χ0v) is 11.5. The highest BCUT2D eigenvalue weighted by Gasteiger charge is 1.99. The van der Waals surface area contributed by atoms with E-state index >= 15 is 0 Å². The zero-order chi connectivity index (χ0) is 13.9. The van der Waals surface area contributed by atoms with Crippen LogP contribution in [0.25, 0.3) is 0 Å². The predicted molar refractivity (Wildman–Crippen MR) is 79.0 cm³/mol. The normalized spacial score (nSPS) is 13.5. The number of rotatable bonds is 3. The lowest BCUT2D eigenvalue weighted by Gasteiger charge is -2.02. The lowest BCUT2D eigenvalue weighted by molar-refractivity contribution is -0.128. The second-order valence-electron chi connectivity index (χ2n) is 3.75. The van der Waals surface area contributed by atoms with E-state index in [0.717, 1.165) is 18.4 Å². The Bertz CT molecular complexity index is 467. The van der Waals surface area contributed by atoms with Crippen LogP contribution in [0.1, 0.15) is 26.7 Å². The van der Waals surface area contributed by atoms with Crippen molar-refractivity contribution in [2.45, 2.75) is 26.7 Å². The van der Waals surface area contributed by atoms with Gasteiger partial charge in [0.2, 0.25) is 0 Å². The molecular weight excluding hydrogens is 236 g/mol. The zero-order valence-electron chi connectivity index (χ0n) is 11.5. The van der Waals surface area contributed by atoms with Gasteiger partial charge in [-0.2, -0.15) is 0 Å². The molecule has 0 radical (unpaired) electrons. The molecule has 0 fully saturated rings. The molecule has 1 aromatic rings. The van der Waals surface area contributed by atoms with Crippen LogP contribution in [0.5, 0.6) is 5.75 Å². The Balaban J connectivity index is 0.000000861. The molecule has 19 heavy (non-hydrogen) atoms. The lowest BCUT2D eigenvalue weighted by Crippen LogP contribution is -2.03. The molecule has 2 nitrogen and oxygen atoms in total. The summed E-state index contributed by atoms with van der Waals surface area (Å²) in [5.74, 6) is 0.214. The van der Waals surface area contributed by atoms with Crippen molar-refractivity contribution in [3.8, 4) is 5.75 Å². The Kier molecular flexibility index (Phi) is 7.03. The third-order valence-electron chi connectivity index (χ3n) is 2.40. The summed E-state index contributed by atoms with van der Waals surface area (Å²) in [7, 11) is 0. The van der Waals surface area contributed by atoms with Crippen LogP contribution in [0.3, 0.4) is 0 Å². The van der Waals surface area contributed by atoms with Crippen molar-refractivity contribution in [3.63, 3.8) is 0 Å². The van der Waals surface area contributed by atoms with Crippen LogP contribution in [0, 0.1) is 0 Å². The molecule has 0 aliphatic heterocycles. The van der Waals surface area contributed by atoms with Gasteiger partial charge in [-0.3, -0.25) is 0 Å². The molecule has 0 bridgehead atoms. The fourth-order valence-corrected chi connectivity index (χ4v) is 1.56.